The molecule has 0 unspecified atom stereocenters. The molecule has 0 radical (unpaired) electrons. The van der Waals surface area contributed by atoms with Gasteiger partial charge in [-0.2, -0.15) is 9.97 Å². The van der Waals surface area contributed by atoms with Crippen molar-refractivity contribution in [2.24, 2.45) is 0 Å². The Morgan fingerprint density at radius 1 is 1.00 bits per heavy atom. The molecule has 1 heterocycles. The van der Waals surface area contributed by atoms with E-state index in [1.165, 1.54) is 14.2 Å². The van der Waals surface area contributed by atoms with Crippen LogP contribution >= 0.6 is 0 Å². The fourth-order valence-electron chi connectivity index (χ4n) is 1.47. The number of hydrogen-bond acceptors (Lipinski definition) is 7. The first-order valence-corrected chi connectivity index (χ1v) is 6.03. The van der Waals surface area contributed by atoms with Gasteiger partial charge in [-0.1, -0.05) is 13.8 Å². The predicted molar refractivity (Wildman–Crippen MR) is 69.2 cm³/mol. The third-order valence-electron chi connectivity index (χ3n) is 2.57. The molecule has 0 atom stereocenters. The van der Waals surface area contributed by atoms with Gasteiger partial charge in [-0.3, -0.25) is 0 Å². The molecule has 0 aromatic carbocycles. The van der Waals surface area contributed by atoms with Crippen molar-refractivity contribution in [3.63, 3.8) is 0 Å². The van der Waals surface area contributed by atoms with Crippen LogP contribution in [0.4, 0.5) is 5.95 Å². The Labute approximate surface area is 108 Å². The maximum Gasteiger partial charge on any atom is 0.324 e. The van der Waals surface area contributed by atoms with Gasteiger partial charge in [0.2, 0.25) is 5.95 Å². The first kappa shape index (κ1) is 14.4. The van der Waals surface area contributed by atoms with Crippen LogP contribution in [0.1, 0.15) is 13.8 Å². The van der Waals surface area contributed by atoms with Crippen molar-refractivity contribution in [1.29, 1.82) is 0 Å². The second kappa shape index (κ2) is 7.65. The fourth-order valence-corrected chi connectivity index (χ4v) is 1.47. The van der Waals surface area contributed by atoms with Gasteiger partial charge in [-0.05, 0) is 13.1 Å². The Morgan fingerprint density at radius 2 is 1.56 bits per heavy atom. The van der Waals surface area contributed by atoms with Crippen LogP contribution in [0.15, 0.2) is 0 Å². The van der Waals surface area contributed by atoms with Gasteiger partial charge in [0.05, 0.1) is 14.2 Å². The number of nitrogens with zero attached hydrogens (tertiary/aromatic N) is 4. The smallest absolute Gasteiger partial charge is 0.324 e. The summed E-state index contributed by atoms with van der Waals surface area (Å²) in [6.45, 7) is 8.03. The van der Waals surface area contributed by atoms with Crippen LogP contribution in [0, 0.1) is 0 Å². The van der Waals surface area contributed by atoms with E-state index in [4.69, 9.17) is 9.47 Å². The second-order valence-electron chi connectivity index (χ2n) is 3.59. The van der Waals surface area contributed by atoms with E-state index in [0.29, 0.717) is 5.95 Å². The van der Waals surface area contributed by atoms with Gasteiger partial charge >= 0.3 is 12.0 Å². The Hall–Kier alpha value is -1.63. The quantitative estimate of drug-likeness (QED) is 0.730. The molecule has 102 valence electrons. The molecule has 0 aliphatic carbocycles. The van der Waals surface area contributed by atoms with Crippen LogP contribution in [-0.2, 0) is 0 Å². The van der Waals surface area contributed by atoms with Crippen LogP contribution in [0.2, 0.25) is 0 Å². The summed E-state index contributed by atoms with van der Waals surface area (Å²) in [5.41, 5.74) is 0. The lowest BCUT2D eigenvalue weighted by Crippen LogP contribution is -2.29. The lowest BCUT2D eigenvalue weighted by atomic mass is 10.4. The maximum atomic E-state index is 4.97. The molecule has 18 heavy (non-hydrogen) atoms. The molecule has 1 aromatic rings. The number of rotatable bonds is 8. The van der Waals surface area contributed by atoms with Gasteiger partial charge < -0.3 is 19.7 Å². The Kier molecular flexibility index (Phi) is 6.13. The monoisotopic (exact) mass is 255 g/mol. The highest BCUT2D eigenvalue weighted by atomic mass is 16.5. The second-order valence-corrected chi connectivity index (χ2v) is 3.59. The molecule has 7 heteroatoms. The van der Waals surface area contributed by atoms with Crippen molar-refractivity contribution >= 4 is 5.95 Å². The summed E-state index contributed by atoms with van der Waals surface area (Å²) < 4.78 is 9.95. The van der Waals surface area contributed by atoms with E-state index in [1.807, 2.05) is 0 Å². The molecular formula is C11H21N5O2. The number of hydrogen-bond donors (Lipinski definition) is 1. The van der Waals surface area contributed by atoms with Crippen molar-refractivity contribution in [1.82, 2.24) is 19.9 Å². The fraction of sp³-hybridized carbons (Fsp3) is 0.727. The van der Waals surface area contributed by atoms with Crippen molar-refractivity contribution in [2.75, 3.05) is 45.7 Å². The van der Waals surface area contributed by atoms with Crippen LogP contribution in [-0.4, -0.2) is 60.3 Å². The minimum absolute atomic E-state index is 0.243. The summed E-state index contributed by atoms with van der Waals surface area (Å²) in [6, 6.07) is 0.486. The molecule has 1 aromatic heterocycles. The number of anilines is 1. The number of methoxy groups -OCH3 is 2. The lowest BCUT2D eigenvalue weighted by Gasteiger charge is -2.17. The molecular weight excluding hydrogens is 234 g/mol. The average Bonchev–Trinajstić information content (AvgIpc) is 2.43. The highest BCUT2D eigenvalue weighted by Gasteiger charge is 2.06. The standard InChI is InChI=1S/C11H21N5O2/c1-5-16(6-2)8-7-12-9-13-10(17-3)15-11(14-9)18-4/h5-8H2,1-4H3,(H,12,13,14,15). The highest BCUT2D eigenvalue weighted by molar-refractivity contribution is 5.27. The first-order chi connectivity index (χ1) is 8.73. The van der Waals surface area contributed by atoms with Crippen LogP contribution < -0.4 is 14.8 Å². The van der Waals surface area contributed by atoms with Crippen LogP contribution in [0.25, 0.3) is 0 Å². The van der Waals surface area contributed by atoms with Gasteiger partial charge in [0.25, 0.3) is 0 Å². The predicted octanol–water partition coefficient (Wildman–Crippen LogP) is 0.642. The molecule has 0 saturated heterocycles. The number of ether oxygens (including phenoxy) is 2. The molecule has 0 amide bonds. The molecule has 0 spiro atoms. The number of likely N-dealkylation sites (N-methyl/N-ethyl adjacent to an activating group) is 1. The van der Waals surface area contributed by atoms with Crippen molar-refractivity contribution in [2.45, 2.75) is 13.8 Å². The van der Waals surface area contributed by atoms with E-state index < -0.39 is 0 Å². The van der Waals surface area contributed by atoms with Gasteiger partial charge in [-0.25, -0.2) is 0 Å². The molecule has 1 N–H and O–H groups in total. The highest BCUT2D eigenvalue weighted by Crippen LogP contribution is 2.11. The summed E-state index contributed by atoms with van der Waals surface area (Å²) in [5.74, 6) is 0.464. The molecule has 1 rings (SSSR count). The largest absolute Gasteiger partial charge is 0.467 e. The molecule has 0 saturated carbocycles. The third kappa shape index (κ3) is 4.33. The Bertz CT molecular complexity index is 335. The van der Waals surface area contributed by atoms with Crippen LogP contribution in [0.5, 0.6) is 12.0 Å². The summed E-state index contributed by atoms with van der Waals surface area (Å²) >= 11 is 0. The third-order valence-corrected chi connectivity index (χ3v) is 2.57. The number of aromatic nitrogens is 3. The Morgan fingerprint density at radius 3 is 2.00 bits per heavy atom. The summed E-state index contributed by atoms with van der Waals surface area (Å²) in [6.07, 6.45) is 0. The van der Waals surface area contributed by atoms with E-state index in [1.54, 1.807) is 0 Å². The zero-order valence-corrected chi connectivity index (χ0v) is 11.4. The lowest BCUT2D eigenvalue weighted by molar-refractivity contribution is 0.315. The average molecular weight is 255 g/mol. The maximum absolute atomic E-state index is 4.97. The molecule has 0 fully saturated rings. The SMILES string of the molecule is CCN(CC)CCNc1nc(OC)nc(OC)n1. The molecule has 0 aliphatic heterocycles. The normalized spacial score (nSPS) is 10.5. The van der Waals surface area contributed by atoms with Gasteiger partial charge in [0.15, 0.2) is 0 Å². The first-order valence-electron chi connectivity index (χ1n) is 6.03. The molecule has 0 aliphatic rings. The molecule has 7 nitrogen and oxygen atoms in total. The zero-order chi connectivity index (χ0) is 13.4. The minimum atomic E-state index is 0.243. The zero-order valence-electron chi connectivity index (χ0n) is 11.4. The summed E-state index contributed by atoms with van der Waals surface area (Å²) in [7, 11) is 3.02. The van der Waals surface area contributed by atoms with Gasteiger partial charge in [0, 0.05) is 13.1 Å². The van der Waals surface area contributed by atoms with Gasteiger partial charge in [-0.15, -0.1) is 4.98 Å². The minimum Gasteiger partial charge on any atom is -0.467 e. The summed E-state index contributed by atoms with van der Waals surface area (Å²) in [5, 5.41) is 3.13. The topological polar surface area (TPSA) is 72.4 Å². The van der Waals surface area contributed by atoms with Crippen molar-refractivity contribution < 1.29 is 9.47 Å². The summed E-state index contributed by atoms with van der Waals surface area (Å²) in [4.78, 5) is 14.4. The van der Waals surface area contributed by atoms with E-state index in [9.17, 15) is 0 Å². The van der Waals surface area contributed by atoms with Crippen LogP contribution in [0.3, 0.4) is 0 Å². The number of nitrogens with one attached hydrogen (secondary N) is 1. The van der Waals surface area contributed by atoms with E-state index in [0.717, 1.165) is 26.2 Å². The van der Waals surface area contributed by atoms with E-state index in [-0.39, 0.29) is 12.0 Å². The van der Waals surface area contributed by atoms with E-state index >= 15 is 0 Å². The van der Waals surface area contributed by atoms with Gasteiger partial charge in [0.1, 0.15) is 0 Å². The van der Waals surface area contributed by atoms with Crippen molar-refractivity contribution in [3.05, 3.63) is 0 Å². The molecule has 0 bridgehead atoms. The Balaban J connectivity index is 2.55. The van der Waals surface area contributed by atoms with E-state index in [2.05, 4.69) is 39.0 Å². The van der Waals surface area contributed by atoms with Crippen molar-refractivity contribution in [3.8, 4) is 12.0 Å².